The van der Waals surface area contributed by atoms with E-state index >= 15 is 0 Å². The van der Waals surface area contributed by atoms with Crippen LogP contribution in [0.25, 0.3) is 0 Å². The highest BCUT2D eigenvalue weighted by Crippen LogP contribution is 2.13. The number of nitrogens with one attached hydrogen (secondary N) is 1. The quantitative estimate of drug-likeness (QED) is 0.126. The van der Waals surface area contributed by atoms with Crippen LogP contribution < -0.4 is 5.32 Å². The van der Waals surface area contributed by atoms with Crippen LogP contribution in [0.15, 0.2) is 46.1 Å². The molecular formula is C21H30IN5O3S. The molecule has 1 fully saturated rings. The molecule has 0 saturated carbocycles. The van der Waals surface area contributed by atoms with Crippen LogP contribution in [0.1, 0.15) is 17.5 Å². The Hall–Kier alpha value is -1.76. The Morgan fingerprint density at radius 3 is 2.65 bits per heavy atom. The van der Waals surface area contributed by atoms with Crippen LogP contribution in [0.3, 0.4) is 0 Å². The number of aliphatic imine (C=N–C) groups is 1. The molecule has 0 amide bonds. The Morgan fingerprint density at radius 2 is 2.00 bits per heavy atom. The minimum absolute atomic E-state index is 0. The van der Waals surface area contributed by atoms with Crippen molar-refractivity contribution in [2.24, 2.45) is 4.99 Å². The molecule has 0 unspecified atom stereocenters. The van der Waals surface area contributed by atoms with Crippen molar-refractivity contribution in [1.29, 1.82) is 0 Å². The van der Waals surface area contributed by atoms with Crippen molar-refractivity contribution in [3.05, 3.63) is 62.3 Å². The third-order valence-electron chi connectivity index (χ3n) is 4.96. The number of morpholine rings is 1. The molecule has 0 spiro atoms. The molecule has 1 N–H and O–H groups in total. The monoisotopic (exact) mass is 559 g/mol. The highest BCUT2D eigenvalue weighted by atomic mass is 127. The van der Waals surface area contributed by atoms with Gasteiger partial charge in [0.15, 0.2) is 5.96 Å². The van der Waals surface area contributed by atoms with E-state index in [9.17, 15) is 10.1 Å². The zero-order valence-corrected chi connectivity index (χ0v) is 20.9. The first-order valence-corrected chi connectivity index (χ1v) is 11.1. The molecule has 31 heavy (non-hydrogen) atoms. The molecule has 1 aliphatic heterocycles. The molecule has 0 bridgehead atoms. The standard InChI is InChI=1S/C21H29N5O3S.HI/c1-24(16-19-7-14-30-17-19)21(22-8-2-9-25-10-12-29-13-11-25)23-15-18-3-5-20(6-4-18)26(27)28;/h3-7,14,17H,2,8-13,15-16H2,1H3,(H,22,23);1H. The van der Waals surface area contributed by atoms with Gasteiger partial charge in [-0.15, -0.1) is 24.0 Å². The van der Waals surface area contributed by atoms with E-state index in [-0.39, 0.29) is 34.6 Å². The Balaban J connectivity index is 0.00000341. The lowest BCUT2D eigenvalue weighted by atomic mass is 10.2. The molecule has 1 aliphatic rings. The van der Waals surface area contributed by atoms with Crippen molar-refractivity contribution in [3.8, 4) is 0 Å². The van der Waals surface area contributed by atoms with Gasteiger partial charge < -0.3 is 15.0 Å². The van der Waals surface area contributed by atoms with Crippen molar-refractivity contribution in [1.82, 2.24) is 15.1 Å². The van der Waals surface area contributed by atoms with E-state index < -0.39 is 0 Å². The van der Waals surface area contributed by atoms with Crippen LogP contribution in [0, 0.1) is 10.1 Å². The highest BCUT2D eigenvalue weighted by Gasteiger charge is 2.11. The molecule has 2 heterocycles. The van der Waals surface area contributed by atoms with Crippen molar-refractivity contribution in [2.45, 2.75) is 19.5 Å². The second kappa shape index (κ2) is 13.6. The Kier molecular flexibility index (Phi) is 11.2. The fourth-order valence-electron chi connectivity index (χ4n) is 3.26. The molecule has 1 saturated heterocycles. The van der Waals surface area contributed by atoms with Gasteiger partial charge in [-0.1, -0.05) is 12.1 Å². The summed E-state index contributed by atoms with van der Waals surface area (Å²) in [5, 5.41) is 18.5. The number of nitrogens with zero attached hydrogens (tertiary/aromatic N) is 4. The maximum absolute atomic E-state index is 10.8. The summed E-state index contributed by atoms with van der Waals surface area (Å²) in [6.07, 6.45) is 1.03. The Morgan fingerprint density at radius 1 is 1.26 bits per heavy atom. The first-order valence-electron chi connectivity index (χ1n) is 10.2. The molecular weight excluding hydrogens is 529 g/mol. The summed E-state index contributed by atoms with van der Waals surface area (Å²) in [4.78, 5) is 19.7. The van der Waals surface area contributed by atoms with E-state index in [0.29, 0.717) is 6.54 Å². The predicted molar refractivity (Wildman–Crippen MR) is 135 cm³/mol. The predicted octanol–water partition coefficient (Wildman–Crippen LogP) is 3.57. The fraction of sp³-hybridized carbons (Fsp3) is 0.476. The van der Waals surface area contributed by atoms with E-state index in [1.807, 2.05) is 7.05 Å². The fourth-order valence-corrected chi connectivity index (χ4v) is 3.92. The van der Waals surface area contributed by atoms with Gasteiger partial charge in [0.05, 0.1) is 24.7 Å². The van der Waals surface area contributed by atoms with Crippen LogP contribution in [-0.2, 0) is 17.8 Å². The van der Waals surface area contributed by atoms with Gasteiger partial charge in [0.2, 0.25) is 0 Å². The van der Waals surface area contributed by atoms with Crippen molar-refractivity contribution in [3.63, 3.8) is 0 Å². The van der Waals surface area contributed by atoms with E-state index in [1.165, 1.54) is 17.7 Å². The summed E-state index contributed by atoms with van der Waals surface area (Å²) >= 11 is 1.69. The average molecular weight is 559 g/mol. The summed E-state index contributed by atoms with van der Waals surface area (Å²) in [7, 11) is 2.03. The van der Waals surface area contributed by atoms with Gasteiger partial charge in [-0.25, -0.2) is 4.99 Å². The number of non-ortho nitro benzene ring substituents is 1. The van der Waals surface area contributed by atoms with Crippen molar-refractivity contribution >= 4 is 47.0 Å². The average Bonchev–Trinajstić information content (AvgIpc) is 3.27. The molecule has 8 nitrogen and oxygen atoms in total. The van der Waals surface area contributed by atoms with Crippen LogP contribution in [0.5, 0.6) is 0 Å². The summed E-state index contributed by atoms with van der Waals surface area (Å²) in [6, 6.07) is 8.69. The molecule has 0 atom stereocenters. The summed E-state index contributed by atoms with van der Waals surface area (Å²) in [5.41, 5.74) is 2.29. The van der Waals surface area contributed by atoms with Crippen LogP contribution in [0.4, 0.5) is 5.69 Å². The van der Waals surface area contributed by atoms with E-state index in [0.717, 1.165) is 63.9 Å². The molecule has 170 valence electrons. The number of guanidine groups is 1. The zero-order chi connectivity index (χ0) is 21.2. The van der Waals surface area contributed by atoms with Gasteiger partial charge in [-0.05, 0) is 40.9 Å². The maximum atomic E-state index is 10.8. The lowest BCUT2D eigenvalue weighted by Crippen LogP contribution is -2.41. The topological polar surface area (TPSA) is 83.2 Å². The Bertz CT molecular complexity index is 811. The zero-order valence-electron chi connectivity index (χ0n) is 17.7. The number of hydrogen-bond donors (Lipinski definition) is 1. The first kappa shape index (κ1) is 25.5. The number of nitro groups is 1. The molecule has 1 aromatic carbocycles. The van der Waals surface area contributed by atoms with Gasteiger partial charge in [0.25, 0.3) is 5.69 Å². The maximum Gasteiger partial charge on any atom is 0.269 e. The van der Waals surface area contributed by atoms with Gasteiger partial charge in [0.1, 0.15) is 0 Å². The number of halogens is 1. The summed E-state index contributed by atoms with van der Waals surface area (Å²) in [6.45, 7) is 6.76. The lowest BCUT2D eigenvalue weighted by molar-refractivity contribution is -0.384. The van der Waals surface area contributed by atoms with Crippen LogP contribution in [0.2, 0.25) is 0 Å². The van der Waals surface area contributed by atoms with Crippen LogP contribution >= 0.6 is 35.3 Å². The second-order valence-electron chi connectivity index (χ2n) is 7.29. The molecule has 0 radical (unpaired) electrons. The normalized spacial score (nSPS) is 14.7. The SMILES string of the molecule is CN(Cc1ccsc1)C(=NCc1ccc([N+](=O)[O-])cc1)NCCCN1CCOCC1.I. The van der Waals surface area contributed by atoms with Gasteiger partial charge in [-0.3, -0.25) is 15.0 Å². The Labute approximate surface area is 204 Å². The highest BCUT2D eigenvalue weighted by molar-refractivity contribution is 14.0. The summed E-state index contributed by atoms with van der Waals surface area (Å²) in [5.74, 6) is 0.835. The molecule has 10 heteroatoms. The number of ether oxygens (including phenoxy) is 1. The largest absolute Gasteiger partial charge is 0.379 e. The molecule has 2 aromatic rings. The molecule has 0 aliphatic carbocycles. The van der Waals surface area contributed by atoms with Gasteiger partial charge in [-0.2, -0.15) is 11.3 Å². The number of benzene rings is 1. The minimum Gasteiger partial charge on any atom is -0.379 e. The second-order valence-corrected chi connectivity index (χ2v) is 8.07. The third-order valence-corrected chi connectivity index (χ3v) is 5.69. The first-order chi connectivity index (χ1) is 14.6. The van der Waals surface area contributed by atoms with Gasteiger partial charge >= 0.3 is 0 Å². The lowest BCUT2D eigenvalue weighted by Gasteiger charge is -2.27. The number of nitro benzene ring substituents is 1. The van der Waals surface area contributed by atoms with E-state index in [1.54, 1.807) is 23.5 Å². The van der Waals surface area contributed by atoms with E-state index in [2.05, 4.69) is 31.9 Å². The van der Waals surface area contributed by atoms with Crippen molar-refractivity contribution < 1.29 is 9.66 Å². The molecule has 3 rings (SSSR count). The minimum atomic E-state index is -0.386. The third kappa shape index (κ3) is 8.71. The summed E-state index contributed by atoms with van der Waals surface area (Å²) < 4.78 is 5.40. The molecule has 1 aromatic heterocycles. The van der Waals surface area contributed by atoms with E-state index in [4.69, 9.17) is 9.73 Å². The number of rotatable bonds is 9. The number of thiophene rings is 1. The smallest absolute Gasteiger partial charge is 0.269 e. The number of hydrogen-bond acceptors (Lipinski definition) is 6. The van der Waals surface area contributed by atoms with Crippen LogP contribution in [-0.4, -0.2) is 67.1 Å². The van der Waals surface area contributed by atoms with Crippen molar-refractivity contribution in [2.75, 3.05) is 46.4 Å². The van der Waals surface area contributed by atoms with Gasteiger partial charge in [0, 0.05) is 45.4 Å².